The van der Waals surface area contributed by atoms with Crippen LogP contribution in [0.3, 0.4) is 0 Å². The van der Waals surface area contributed by atoms with Crippen molar-refractivity contribution >= 4 is 17.5 Å². The molecule has 7 nitrogen and oxygen atoms in total. The minimum absolute atomic E-state index is 0.152. The van der Waals surface area contributed by atoms with Crippen molar-refractivity contribution < 1.29 is 9.59 Å². The summed E-state index contributed by atoms with van der Waals surface area (Å²) in [5.41, 5.74) is 2.02. The van der Waals surface area contributed by atoms with Gasteiger partial charge in [-0.1, -0.05) is 38.5 Å². The van der Waals surface area contributed by atoms with E-state index < -0.39 is 0 Å². The van der Waals surface area contributed by atoms with Gasteiger partial charge in [0.25, 0.3) is 0 Å². The molecule has 1 saturated heterocycles. The SMILES string of the molecule is CCC(=O)N1CCC2CCCC(CN(C(=O)CCCn3cccn3)Cc3ccccc31)N2CC. The van der Waals surface area contributed by atoms with E-state index in [1.165, 1.54) is 6.42 Å². The van der Waals surface area contributed by atoms with Crippen molar-refractivity contribution in [3.05, 3.63) is 48.3 Å². The van der Waals surface area contributed by atoms with Gasteiger partial charge in [0, 0.05) is 69.2 Å². The molecule has 4 rings (SSSR count). The lowest BCUT2D eigenvalue weighted by Gasteiger charge is -2.43. The fourth-order valence-corrected chi connectivity index (χ4v) is 5.70. The van der Waals surface area contributed by atoms with Crippen LogP contribution in [0.2, 0.25) is 0 Å². The van der Waals surface area contributed by atoms with Gasteiger partial charge in [0.2, 0.25) is 11.8 Å². The van der Waals surface area contributed by atoms with Crippen LogP contribution in [0.4, 0.5) is 5.69 Å². The molecule has 0 aliphatic carbocycles. The molecule has 3 heterocycles. The number of para-hydroxylation sites is 1. The highest BCUT2D eigenvalue weighted by atomic mass is 16.2. The number of rotatable bonds is 6. The minimum Gasteiger partial charge on any atom is -0.337 e. The summed E-state index contributed by atoms with van der Waals surface area (Å²) in [6.07, 6.45) is 9.91. The first-order chi connectivity index (χ1) is 16.6. The molecule has 34 heavy (non-hydrogen) atoms. The van der Waals surface area contributed by atoms with E-state index in [0.717, 1.165) is 63.1 Å². The number of fused-ring (bicyclic) bond motifs is 3. The van der Waals surface area contributed by atoms with Crippen LogP contribution >= 0.6 is 0 Å². The number of amides is 2. The normalized spacial score (nSPS) is 21.6. The van der Waals surface area contributed by atoms with E-state index in [0.29, 0.717) is 31.5 Å². The standard InChI is InChI=1S/C27H39N5O2/c1-3-26(33)32-19-15-23-11-7-12-24(31(23)4-2)21-29(20-22-10-5-6-13-25(22)32)27(34)14-8-17-30-18-9-16-28-30/h5-6,9-10,13,16,18,23-24H,3-4,7-8,11-12,14-15,17,19-21H2,1-2H3. The second-order valence-electron chi connectivity index (χ2n) is 9.53. The van der Waals surface area contributed by atoms with E-state index in [9.17, 15) is 9.59 Å². The monoisotopic (exact) mass is 465 g/mol. The molecule has 1 aromatic heterocycles. The Hall–Kier alpha value is -2.67. The molecular weight excluding hydrogens is 426 g/mol. The summed E-state index contributed by atoms with van der Waals surface area (Å²) < 4.78 is 1.88. The van der Waals surface area contributed by atoms with Gasteiger partial charge in [0.15, 0.2) is 0 Å². The summed E-state index contributed by atoms with van der Waals surface area (Å²) in [5, 5.41) is 4.26. The number of hydrogen-bond acceptors (Lipinski definition) is 4. The lowest BCUT2D eigenvalue weighted by Crippen LogP contribution is -2.52. The van der Waals surface area contributed by atoms with Crippen molar-refractivity contribution in [1.29, 1.82) is 0 Å². The Balaban J connectivity index is 1.61. The van der Waals surface area contributed by atoms with Crippen molar-refractivity contribution in [2.24, 2.45) is 0 Å². The molecule has 2 amide bonds. The summed E-state index contributed by atoms with van der Waals surface area (Å²) in [6.45, 7) is 7.91. The van der Waals surface area contributed by atoms with Gasteiger partial charge in [-0.25, -0.2) is 0 Å². The molecule has 2 aromatic rings. The van der Waals surface area contributed by atoms with Crippen molar-refractivity contribution in [3.63, 3.8) is 0 Å². The van der Waals surface area contributed by atoms with E-state index in [-0.39, 0.29) is 11.8 Å². The van der Waals surface area contributed by atoms with E-state index in [1.54, 1.807) is 6.20 Å². The molecule has 7 heteroatoms. The third-order valence-corrected chi connectivity index (χ3v) is 7.43. The number of nitrogens with zero attached hydrogens (tertiary/aromatic N) is 5. The Morgan fingerprint density at radius 2 is 1.85 bits per heavy atom. The van der Waals surface area contributed by atoms with E-state index in [2.05, 4.69) is 27.9 Å². The Kier molecular flexibility index (Phi) is 8.38. The third kappa shape index (κ3) is 5.69. The number of carbonyl (C=O) groups is 2. The van der Waals surface area contributed by atoms with Crippen LogP contribution in [-0.4, -0.2) is 63.1 Å². The fraction of sp³-hybridized carbons (Fsp3) is 0.593. The van der Waals surface area contributed by atoms with Crippen LogP contribution in [0.25, 0.3) is 0 Å². The molecule has 184 valence electrons. The van der Waals surface area contributed by atoms with E-state index >= 15 is 0 Å². The van der Waals surface area contributed by atoms with Crippen LogP contribution in [-0.2, 0) is 22.7 Å². The molecule has 1 fully saturated rings. The average Bonchev–Trinajstić information content (AvgIpc) is 3.37. The zero-order valence-electron chi connectivity index (χ0n) is 20.7. The van der Waals surface area contributed by atoms with Crippen molar-refractivity contribution in [2.75, 3.05) is 24.5 Å². The van der Waals surface area contributed by atoms with Crippen molar-refractivity contribution in [3.8, 4) is 0 Å². The lowest BCUT2D eigenvalue weighted by molar-refractivity contribution is -0.133. The molecule has 0 radical (unpaired) electrons. The molecule has 0 N–H and O–H groups in total. The molecule has 2 atom stereocenters. The summed E-state index contributed by atoms with van der Waals surface area (Å²) in [4.78, 5) is 33.1. The predicted octanol–water partition coefficient (Wildman–Crippen LogP) is 4.08. The van der Waals surface area contributed by atoms with Gasteiger partial charge < -0.3 is 9.80 Å². The lowest BCUT2D eigenvalue weighted by atomic mass is 9.93. The second-order valence-corrected chi connectivity index (χ2v) is 9.53. The maximum absolute atomic E-state index is 13.5. The zero-order chi connectivity index (χ0) is 23.9. The molecule has 0 saturated carbocycles. The first-order valence-electron chi connectivity index (χ1n) is 13.0. The number of likely N-dealkylation sites (N-methyl/N-ethyl adjacent to an activating group) is 1. The van der Waals surface area contributed by atoms with Gasteiger partial charge in [0.05, 0.1) is 0 Å². The Morgan fingerprint density at radius 3 is 2.62 bits per heavy atom. The number of carbonyl (C=O) groups excluding carboxylic acids is 2. The van der Waals surface area contributed by atoms with Crippen molar-refractivity contribution in [2.45, 2.75) is 84.0 Å². The van der Waals surface area contributed by atoms with Crippen LogP contribution < -0.4 is 4.90 Å². The van der Waals surface area contributed by atoms with Crippen LogP contribution in [0.15, 0.2) is 42.7 Å². The number of aryl methyl sites for hydroxylation is 1. The van der Waals surface area contributed by atoms with Crippen LogP contribution in [0, 0.1) is 0 Å². The van der Waals surface area contributed by atoms with Gasteiger partial charge in [-0.15, -0.1) is 0 Å². The topological polar surface area (TPSA) is 61.7 Å². The Bertz CT molecular complexity index is 944. The molecule has 2 aliphatic heterocycles. The highest BCUT2D eigenvalue weighted by molar-refractivity contribution is 5.94. The fourth-order valence-electron chi connectivity index (χ4n) is 5.70. The number of piperidine rings is 1. The average molecular weight is 466 g/mol. The number of hydrogen-bond donors (Lipinski definition) is 0. The van der Waals surface area contributed by atoms with Gasteiger partial charge in [-0.05, 0) is 49.9 Å². The molecule has 2 aliphatic rings. The molecular formula is C27H39N5O2. The predicted molar refractivity (Wildman–Crippen MR) is 134 cm³/mol. The summed E-state index contributed by atoms with van der Waals surface area (Å²) in [6, 6.07) is 10.9. The van der Waals surface area contributed by atoms with Crippen LogP contribution in [0.1, 0.15) is 64.4 Å². The Labute approximate surface area is 203 Å². The molecule has 2 unspecified atom stereocenters. The molecule has 2 bridgehead atoms. The second kappa shape index (κ2) is 11.6. The number of aromatic nitrogens is 2. The van der Waals surface area contributed by atoms with E-state index in [1.807, 2.05) is 47.0 Å². The van der Waals surface area contributed by atoms with Gasteiger partial charge in [-0.3, -0.25) is 19.2 Å². The summed E-state index contributed by atoms with van der Waals surface area (Å²) in [7, 11) is 0. The van der Waals surface area contributed by atoms with Gasteiger partial charge in [-0.2, -0.15) is 5.10 Å². The first-order valence-corrected chi connectivity index (χ1v) is 13.0. The van der Waals surface area contributed by atoms with E-state index in [4.69, 9.17) is 0 Å². The minimum atomic E-state index is 0.152. The third-order valence-electron chi connectivity index (χ3n) is 7.43. The van der Waals surface area contributed by atoms with Gasteiger partial charge >= 0.3 is 0 Å². The first kappa shape index (κ1) is 24.5. The largest absolute Gasteiger partial charge is 0.337 e. The number of anilines is 1. The number of benzene rings is 1. The molecule has 1 aromatic carbocycles. The Morgan fingerprint density at radius 1 is 1.03 bits per heavy atom. The molecule has 0 spiro atoms. The maximum Gasteiger partial charge on any atom is 0.226 e. The highest BCUT2D eigenvalue weighted by Crippen LogP contribution is 2.30. The van der Waals surface area contributed by atoms with Crippen molar-refractivity contribution in [1.82, 2.24) is 19.6 Å². The van der Waals surface area contributed by atoms with Crippen LogP contribution in [0.5, 0.6) is 0 Å². The summed E-state index contributed by atoms with van der Waals surface area (Å²) in [5.74, 6) is 0.340. The smallest absolute Gasteiger partial charge is 0.226 e. The van der Waals surface area contributed by atoms with Gasteiger partial charge in [0.1, 0.15) is 0 Å². The quantitative estimate of drug-likeness (QED) is 0.645. The highest BCUT2D eigenvalue weighted by Gasteiger charge is 2.33. The summed E-state index contributed by atoms with van der Waals surface area (Å²) >= 11 is 0. The maximum atomic E-state index is 13.5. The zero-order valence-corrected chi connectivity index (χ0v) is 20.7.